The minimum atomic E-state index is 0.286. The molecule has 1 aliphatic heterocycles. The highest BCUT2D eigenvalue weighted by atomic mass is 32.2. The fourth-order valence-electron chi connectivity index (χ4n) is 1.13. The van der Waals surface area contributed by atoms with E-state index >= 15 is 0 Å². The Hall–Kier alpha value is -0.720. The van der Waals surface area contributed by atoms with Gasteiger partial charge in [-0.25, -0.2) is 5.43 Å². The molecule has 0 unspecified atom stereocenters. The third-order valence-corrected chi connectivity index (χ3v) is 2.30. The van der Waals surface area contributed by atoms with Crippen LogP contribution in [0.5, 0.6) is 0 Å². The summed E-state index contributed by atoms with van der Waals surface area (Å²) in [6, 6.07) is 0.286. The zero-order valence-corrected chi connectivity index (χ0v) is 10.5. The van der Waals surface area contributed by atoms with E-state index in [9.17, 15) is 0 Å². The lowest BCUT2D eigenvalue weighted by molar-refractivity contribution is 0.101. The van der Waals surface area contributed by atoms with Crippen molar-refractivity contribution in [2.45, 2.75) is 26.8 Å². The molecule has 1 aliphatic rings. The van der Waals surface area contributed by atoms with Crippen LogP contribution < -0.4 is 16.3 Å². The fraction of sp³-hybridized carbons (Fsp3) is 0.667. The first-order valence-corrected chi connectivity index (χ1v) is 6.28. The number of rotatable bonds is 4. The van der Waals surface area contributed by atoms with Crippen molar-refractivity contribution in [3.05, 3.63) is 11.1 Å². The van der Waals surface area contributed by atoms with Gasteiger partial charge in [0.05, 0.1) is 5.03 Å². The predicted octanol–water partition coefficient (Wildman–Crippen LogP) is 0.847. The number of aliphatic imine (C=N–C) groups is 1. The molecule has 0 fully saturated rings. The quantitative estimate of drug-likeness (QED) is 0.667. The van der Waals surface area contributed by atoms with Crippen molar-refractivity contribution < 1.29 is 0 Å². The molecule has 0 bridgehead atoms. The maximum atomic E-state index is 4.46. The zero-order valence-electron chi connectivity index (χ0n) is 9.66. The Balaban J connectivity index is 2.72. The van der Waals surface area contributed by atoms with E-state index in [-0.39, 0.29) is 6.04 Å². The summed E-state index contributed by atoms with van der Waals surface area (Å²) in [4.78, 5) is 4.46. The third kappa shape index (κ3) is 4.11. The standard InChI is InChI=1S/C9H19N5S/c1-5-10-14-12-8(11-7(2)3)6-9(13-14)15-4/h6-7,10,13H,5H2,1-4H3,(H,11,12). The highest BCUT2D eigenvalue weighted by Gasteiger charge is 2.13. The first kappa shape index (κ1) is 12.4. The van der Waals surface area contributed by atoms with Crippen molar-refractivity contribution in [2.24, 2.45) is 4.99 Å². The fourth-order valence-corrected chi connectivity index (χ4v) is 1.54. The summed E-state index contributed by atoms with van der Waals surface area (Å²) in [5, 5.41) is 2.79. The van der Waals surface area contributed by atoms with Crippen LogP contribution in [0.3, 0.4) is 0 Å². The lowest BCUT2D eigenvalue weighted by atomic mass is 10.4. The topological polar surface area (TPSA) is 51.7 Å². The number of hydrazine groups is 3. The summed E-state index contributed by atoms with van der Waals surface area (Å²) in [7, 11) is 0. The molecule has 0 aromatic rings. The molecule has 3 N–H and O–H groups in total. The first-order valence-electron chi connectivity index (χ1n) is 5.06. The molecule has 0 aromatic carbocycles. The highest BCUT2D eigenvalue weighted by Crippen LogP contribution is 2.10. The van der Waals surface area contributed by atoms with Gasteiger partial charge >= 0.3 is 0 Å². The van der Waals surface area contributed by atoms with E-state index in [0.717, 1.165) is 17.4 Å². The van der Waals surface area contributed by atoms with E-state index in [4.69, 9.17) is 0 Å². The maximum absolute atomic E-state index is 4.46. The molecule has 1 rings (SSSR count). The average Bonchev–Trinajstić information content (AvgIpc) is 2.16. The molecule has 0 saturated heterocycles. The molecule has 15 heavy (non-hydrogen) atoms. The average molecular weight is 229 g/mol. The molecule has 0 amide bonds. The molecule has 0 radical (unpaired) electrons. The van der Waals surface area contributed by atoms with E-state index in [1.807, 2.05) is 19.3 Å². The predicted molar refractivity (Wildman–Crippen MR) is 66.0 cm³/mol. The smallest absolute Gasteiger partial charge is 0.140 e. The monoisotopic (exact) mass is 229 g/mol. The molecule has 0 aromatic heterocycles. The van der Waals surface area contributed by atoms with Crippen molar-refractivity contribution in [3.63, 3.8) is 0 Å². The molecule has 6 heteroatoms. The summed E-state index contributed by atoms with van der Waals surface area (Å²) < 4.78 is 0. The molecule has 0 spiro atoms. The van der Waals surface area contributed by atoms with Crippen molar-refractivity contribution >= 4 is 17.6 Å². The lowest BCUT2D eigenvalue weighted by Gasteiger charge is -2.30. The number of nitrogens with one attached hydrogen (secondary N) is 3. The van der Waals surface area contributed by atoms with Gasteiger partial charge in [0.15, 0.2) is 0 Å². The van der Waals surface area contributed by atoms with Crippen LogP contribution in [0.15, 0.2) is 16.1 Å². The lowest BCUT2D eigenvalue weighted by Crippen LogP contribution is -2.59. The second-order valence-corrected chi connectivity index (χ2v) is 4.24. The van der Waals surface area contributed by atoms with Gasteiger partial charge in [0.25, 0.3) is 0 Å². The minimum absolute atomic E-state index is 0.286. The molecule has 0 aliphatic carbocycles. The molecular weight excluding hydrogens is 210 g/mol. The summed E-state index contributed by atoms with van der Waals surface area (Å²) in [6.45, 7) is 7.00. The third-order valence-electron chi connectivity index (χ3n) is 1.65. The minimum Gasteiger partial charge on any atom is -0.281 e. The highest BCUT2D eigenvalue weighted by molar-refractivity contribution is 8.02. The van der Waals surface area contributed by atoms with Gasteiger partial charge in [0.2, 0.25) is 0 Å². The Labute approximate surface area is 95.3 Å². The van der Waals surface area contributed by atoms with Crippen LogP contribution in [0.1, 0.15) is 20.8 Å². The van der Waals surface area contributed by atoms with Gasteiger partial charge in [-0.05, 0) is 20.1 Å². The molecule has 5 nitrogen and oxygen atoms in total. The molecule has 0 saturated carbocycles. The van der Waals surface area contributed by atoms with Gasteiger partial charge < -0.3 is 0 Å². The Morgan fingerprint density at radius 3 is 2.80 bits per heavy atom. The molecule has 1 heterocycles. The van der Waals surface area contributed by atoms with E-state index in [0.29, 0.717) is 0 Å². The summed E-state index contributed by atoms with van der Waals surface area (Å²) >= 11 is 1.65. The van der Waals surface area contributed by atoms with Gasteiger partial charge in [-0.2, -0.15) is 0 Å². The molecular formula is C9H19N5S. The summed E-state index contributed by atoms with van der Waals surface area (Å²) in [6.07, 6.45) is 4.03. The van der Waals surface area contributed by atoms with Gasteiger partial charge in [-0.15, -0.1) is 11.8 Å². The van der Waals surface area contributed by atoms with Gasteiger partial charge in [0, 0.05) is 18.7 Å². The van der Waals surface area contributed by atoms with Crippen molar-refractivity contribution in [2.75, 3.05) is 12.8 Å². The Morgan fingerprint density at radius 2 is 2.27 bits per heavy atom. The second kappa shape index (κ2) is 5.99. The van der Waals surface area contributed by atoms with E-state index < -0.39 is 0 Å². The van der Waals surface area contributed by atoms with Crippen molar-refractivity contribution in [3.8, 4) is 0 Å². The number of amidine groups is 1. The summed E-state index contributed by atoms with van der Waals surface area (Å²) in [5.74, 6) is 0.869. The largest absolute Gasteiger partial charge is 0.281 e. The van der Waals surface area contributed by atoms with Gasteiger partial charge in [-0.3, -0.25) is 15.8 Å². The number of nitrogens with zero attached hydrogens (tertiary/aromatic N) is 2. The SMILES string of the molecule is CCNN1NC(SC)=CC(=NC(C)C)N1. The maximum Gasteiger partial charge on any atom is 0.140 e. The molecule has 0 atom stereocenters. The summed E-state index contributed by atoms with van der Waals surface area (Å²) in [5.41, 5.74) is 9.41. The van der Waals surface area contributed by atoms with Crippen LogP contribution in [0.4, 0.5) is 0 Å². The van der Waals surface area contributed by atoms with Crippen LogP contribution in [0.2, 0.25) is 0 Å². The van der Waals surface area contributed by atoms with Crippen LogP contribution in [0, 0.1) is 0 Å². The number of thioether (sulfide) groups is 1. The Morgan fingerprint density at radius 1 is 1.53 bits per heavy atom. The second-order valence-electron chi connectivity index (χ2n) is 3.39. The van der Waals surface area contributed by atoms with Gasteiger partial charge in [0.1, 0.15) is 5.84 Å². The zero-order chi connectivity index (χ0) is 11.3. The first-order chi connectivity index (χ1) is 7.15. The van der Waals surface area contributed by atoms with Gasteiger partial charge in [-0.1, -0.05) is 12.2 Å². The van der Waals surface area contributed by atoms with E-state index in [2.05, 4.69) is 35.1 Å². The number of hydrogen-bond acceptors (Lipinski definition) is 5. The van der Waals surface area contributed by atoms with Crippen LogP contribution >= 0.6 is 11.8 Å². The van der Waals surface area contributed by atoms with Crippen molar-refractivity contribution in [1.29, 1.82) is 0 Å². The van der Waals surface area contributed by atoms with Crippen molar-refractivity contribution in [1.82, 2.24) is 21.5 Å². The Kier molecular flexibility index (Phi) is 4.93. The van der Waals surface area contributed by atoms with Crippen LogP contribution in [0.25, 0.3) is 0 Å². The van der Waals surface area contributed by atoms with E-state index in [1.165, 1.54) is 0 Å². The van der Waals surface area contributed by atoms with E-state index in [1.54, 1.807) is 17.0 Å². The van der Waals surface area contributed by atoms with Crippen LogP contribution in [-0.2, 0) is 0 Å². The normalized spacial score (nSPS) is 20.1. The Bertz CT molecular complexity index is 261. The molecule has 86 valence electrons. The number of hydrogen-bond donors (Lipinski definition) is 3. The van der Waals surface area contributed by atoms with Crippen LogP contribution in [-0.4, -0.2) is 29.9 Å².